The summed E-state index contributed by atoms with van der Waals surface area (Å²) in [7, 11) is 0. The Kier molecular flexibility index (Phi) is 3.61. The van der Waals surface area contributed by atoms with E-state index in [-0.39, 0.29) is 0 Å². The summed E-state index contributed by atoms with van der Waals surface area (Å²) in [6.45, 7) is 9.28. The molecule has 2 nitrogen and oxygen atoms in total. The monoisotopic (exact) mass is 242 g/mol. The average Bonchev–Trinajstić information content (AvgIpc) is 2.37. The molecule has 1 fully saturated rings. The van der Waals surface area contributed by atoms with E-state index in [9.17, 15) is 0 Å². The van der Waals surface area contributed by atoms with Crippen molar-refractivity contribution in [1.29, 1.82) is 5.26 Å². The second kappa shape index (κ2) is 5.02. The third kappa shape index (κ3) is 2.51. The van der Waals surface area contributed by atoms with Gasteiger partial charge in [-0.25, -0.2) is 0 Å². The number of anilines is 1. The molecule has 0 N–H and O–H groups in total. The van der Waals surface area contributed by atoms with Crippen molar-refractivity contribution in [2.24, 2.45) is 11.3 Å². The lowest BCUT2D eigenvalue weighted by molar-refractivity contribution is 0.170. The van der Waals surface area contributed by atoms with Gasteiger partial charge in [-0.1, -0.05) is 27.2 Å². The molecule has 1 heterocycles. The Bertz CT molecular complexity index is 439. The first-order chi connectivity index (χ1) is 8.56. The third-order valence-electron chi connectivity index (χ3n) is 4.31. The van der Waals surface area contributed by atoms with Crippen molar-refractivity contribution < 1.29 is 0 Å². The zero-order valence-electron chi connectivity index (χ0n) is 11.6. The highest BCUT2D eigenvalue weighted by atomic mass is 15.1. The SMILES string of the molecule is CCC1CCN(c2ccc(C#N)cc2)CC1(C)C. The van der Waals surface area contributed by atoms with Gasteiger partial charge in [-0.2, -0.15) is 5.26 Å². The second-order valence-electron chi connectivity index (χ2n) is 5.96. The van der Waals surface area contributed by atoms with Crippen molar-refractivity contribution in [3.63, 3.8) is 0 Å². The van der Waals surface area contributed by atoms with Crippen LogP contribution >= 0.6 is 0 Å². The second-order valence-corrected chi connectivity index (χ2v) is 5.96. The Morgan fingerprint density at radius 1 is 1.33 bits per heavy atom. The molecule has 96 valence electrons. The van der Waals surface area contributed by atoms with Crippen molar-refractivity contribution in [2.45, 2.75) is 33.6 Å². The van der Waals surface area contributed by atoms with E-state index in [0.29, 0.717) is 5.41 Å². The van der Waals surface area contributed by atoms with E-state index in [2.05, 4.69) is 43.9 Å². The zero-order valence-corrected chi connectivity index (χ0v) is 11.6. The van der Waals surface area contributed by atoms with Crippen molar-refractivity contribution >= 4 is 5.69 Å². The van der Waals surface area contributed by atoms with Crippen LogP contribution in [0.15, 0.2) is 24.3 Å². The highest BCUT2D eigenvalue weighted by Gasteiger charge is 2.34. The number of piperidine rings is 1. The van der Waals surface area contributed by atoms with Crippen molar-refractivity contribution in [3.8, 4) is 6.07 Å². The van der Waals surface area contributed by atoms with Crippen LogP contribution in [0.2, 0.25) is 0 Å². The normalized spacial score (nSPS) is 22.6. The molecule has 1 atom stereocenters. The van der Waals surface area contributed by atoms with E-state index in [1.807, 2.05) is 12.1 Å². The number of nitriles is 1. The number of rotatable bonds is 2. The molecule has 18 heavy (non-hydrogen) atoms. The van der Waals surface area contributed by atoms with Crippen LogP contribution in [0.5, 0.6) is 0 Å². The molecule has 0 aliphatic carbocycles. The van der Waals surface area contributed by atoms with E-state index in [1.54, 1.807) is 0 Å². The summed E-state index contributed by atoms with van der Waals surface area (Å²) in [5.41, 5.74) is 2.36. The van der Waals surface area contributed by atoms with E-state index in [4.69, 9.17) is 5.26 Å². The van der Waals surface area contributed by atoms with Crippen LogP contribution in [0, 0.1) is 22.7 Å². The average molecular weight is 242 g/mol. The maximum atomic E-state index is 8.82. The van der Waals surface area contributed by atoms with Crippen LogP contribution in [0.3, 0.4) is 0 Å². The molecule has 1 unspecified atom stereocenters. The maximum Gasteiger partial charge on any atom is 0.0991 e. The summed E-state index contributed by atoms with van der Waals surface area (Å²) < 4.78 is 0. The summed E-state index contributed by atoms with van der Waals surface area (Å²) in [6.07, 6.45) is 2.54. The van der Waals surface area contributed by atoms with Gasteiger partial charge in [0.05, 0.1) is 11.6 Å². The molecule has 0 saturated carbocycles. The van der Waals surface area contributed by atoms with Crippen LogP contribution in [0.4, 0.5) is 5.69 Å². The fourth-order valence-corrected chi connectivity index (χ4v) is 3.13. The predicted octanol–water partition coefficient (Wildman–Crippen LogP) is 3.82. The third-order valence-corrected chi connectivity index (χ3v) is 4.31. The molecule has 0 radical (unpaired) electrons. The first-order valence-corrected chi connectivity index (χ1v) is 6.82. The Morgan fingerprint density at radius 2 is 2.00 bits per heavy atom. The van der Waals surface area contributed by atoms with Gasteiger partial charge in [0.2, 0.25) is 0 Å². The maximum absolute atomic E-state index is 8.82. The molecule has 1 aliphatic rings. The van der Waals surface area contributed by atoms with Gasteiger partial charge >= 0.3 is 0 Å². The first-order valence-electron chi connectivity index (χ1n) is 6.82. The molecule has 1 aromatic carbocycles. The van der Waals surface area contributed by atoms with E-state index < -0.39 is 0 Å². The summed E-state index contributed by atoms with van der Waals surface area (Å²) >= 11 is 0. The molecule has 1 saturated heterocycles. The summed E-state index contributed by atoms with van der Waals surface area (Å²) in [4.78, 5) is 2.45. The summed E-state index contributed by atoms with van der Waals surface area (Å²) in [6, 6.07) is 10.1. The van der Waals surface area contributed by atoms with Crippen LogP contribution in [0.25, 0.3) is 0 Å². The number of hydrogen-bond acceptors (Lipinski definition) is 2. The smallest absolute Gasteiger partial charge is 0.0991 e. The van der Waals surface area contributed by atoms with Crippen molar-refractivity contribution in [3.05, 3.63) is 29.8 Å². The van der Waals surface area contributed by atoms with Gasteiger partial charge in [-0.05, 0) is 42.0 Å². The van der Waals surface area contributed by atoms with Crippen LogP contribution < -0.4 is 4.90 Å². The minimum Gasteiger partial charge on any atom is -0.371 e. The van der Waals surface area contributed by atoms with Gasteiger partial charge in [0, 0.05) is 18.8 Å². The van der Waals surface area contributed by atoms with Crippen LogP contribution in [-0.2, 0) is 0 Å². The molecule has 1 aromatic rings. The minimum absolute atomic E-state index is 0.376. The molecule has 2 heteroatoms. The van der Waals surface area contributed by atoms with E-state index in [1.165, 1.54) is 18.5 Å². The molecule has 0 spiro atoms. The van der Waals surface area contributed by atoms with Crippen LogP contribution in [0.1, 0.15) is 39.2 Å². The van der Waals surface area contributed by atoms with Gasteiger partial charge in [0.25, 0.3) is 0 Å². The minimum atomic E-state index is 0.376. The zero-order chi connectivity index (χ0) is 13.2. The number of nitrogens with zero attached hydrogens (tertiary/aromatic N) is 2. The Hall–Kier alpha value is -1.49. The molecule has 0 aromatic heterocycles. The summed E-state index contributed by atoms with van der Waals surface area (Å²) in [5.74, 6) is 0.826. The number of hydrogen-bond donors (Lipinski definition) is 0. The van der Waals surface area contributed by atoms with Gasteiger partial charge < -0.3 is 4.90 Å². The molecule has 0 bridgehead atoms. The number of benzene rings is 1. The first kappa shape index (κ1) is 13.0. The molecule has 0 amide bonds. The van der Waals surface area contributed by atoms with Gasteiger partial charge in [0.1, 0.15) is 0 Å². The van der Waals surface area contributed by atoms with Crippen LogP contribution in [-0.4, -0.2) is 13.1 Å². The quantitative estimate of drug-likeness (QED) is 0.788. The largest absolute Gasteiger partial charge is 0.371 e. The van der Waals surface area contributed by atoms with E-state index in [0.717, 1.165) is 24.6 Å². The molecule has 2 rings (SSSR count). The lowest BCUT2D eigenvalue weighted by atomic mass is 9.72. The van der Waals surface area contributed by atoms with Gasteiger partial charge in [0.15, 0.2) is 0 Å². The van der Waals surface area contributed by atoms with Crippen molar-refractivity contribution in [1.82, 2.24) is 0 Å². The van der Waals surface area contributed by atoms with Gasteiger partial charge in [-0.15, -0.1) is 0 Å². The molecular formula is C16H22N2. The topological polar surface area (TPSA) is 27.0 Å². The Labute approximate surface area is 110 Å². The fraction of sp³-hybridized carbons (Fsp3) is 0.562. The predicted molar refractivity (Wildman–Crippen MR) is 75.5 cm³/mol. The standard InChI is InChI=1S/C16H22N2/c1-4-14-9-10-18(12-16(14,2)3)15-7-5-13(11-17)6-8-15/h5-8,14H,4,9-10,12H2,1-3H3. The Morgan fingerprint density at radius 3 is 2.50 bits per heavy atom. The molecule has 1 aliphatic heterocycles. The highest BCUT2D eigenvalue weighted by Crippen LogP contribution is 2.38. The van der Waals surface area contributed by atoms with Crippen molar-refractivity contribution in [2.75, 3.05) is 18.0 Å². The van der Waals surface area contributed by atoms with Gasteiger partial charge in [-0.3, -0.25) is 0 Å². The Balaban J connectivity index is 2.13. The lowest BCUT2D eigenvalue weighted by Crippen LogP contribution is -2.45. The lowest BCUT2D eigenvalue weighted by Gasteiger charge is -2.45. The fourth-order valence-electron chi connectivity index (χ4n) is 3.13. The highest BCUT2D eigenvalue weighted by molar-refractivity contribution is 5.50. The summed E-state index contributed by atoms with van der Waals surface area (Å²) in [5, 5.41) is 8.82. The van der Waals surface area contributed by atoms with E-state index >= 15 is 0 Å². The molecular weight excluding hydrogens is 220 g/mol.